The van der Waals surface area contributed by atoms with Crippen LogP contribution in [0.1, 0.15) is 23.7 Å². The number of hydrogen-bond donors (Lipinski definition) is 1. The lowest BCUT2D eigenvalue weighted by atomic mass is 9.90. The number of benzene rings is 1. The Kier molecular flexibility index (Phi) is 3.74. The monoisotopic (exact) mass is 301 g/mol. The van der Waals surface area contributed by atoms with Gasteiger partial charge in [-0.15, -0.1) is 0 Å². The number of amides is 1. The summed E-state index contributed by atoms with van der Waals surface area (Å²) in [4.78, 5) is 24.9. The molecule has 1 amide bonds. The molecule has 1 fully saturated rings. The summed E-state index contributed by atoms with van der Waals surface area (Å²) in [7, 11) is 0. The molecular formula is C13H13Cl2NO3. The zero-order valence-corrected chi connectivity index (χ0v) is 11.8. The van der Waals surface area contributed by atoms with Crippen molar-refractivity contribution in [3.8, 4) is 0 Å². The van der Waals surface area contributed by atoms with Gasteiger partial charge in [-0.25, -0.2) is 0 Å². The van der Waals surface area contributed by atoms with Crippen LogP contribution in [0.15, 0.2) is 18.2 Å². The lowest BCUT2D eigenvalue weighted by Gasteiger charge is -2.20. The van der Waals surface area contributed by atoms with Crippen LogP contribution >= 0.6 is 23.2 Å². The van der Waals surface area contributed by atoms with Gasteiger partial charge in [0.15, 0.2) is 0 Å². The highest BCUT2D eigenvalue weighted by atomic mass is 35.5. The highest BCUT2D eigenvalue weighted by Crippen LogP contribution is 2.31. The van der Waals surface area contributed by atoms with E-state index in [9.17, 15) is 9.59 Å². The summed E-state index contributed by atoms with van der Waals surface area (Å²) in [5.74, 6) is -1.10. The van der Waals surface area contributed by atoms with E-state index in [4.69, 9.17) is 28.3 Å². The summed E-state index contributed by atoms with van der Waals surface area (Å²) in [6.45, 7) is 2.29. The van der Waals surface area contributed by atoms with Crippen LogP contribution in [0.4, 0.5) is 0 Å². The maximum absolute atomic E-state index is 12.3. The zero-order valence-electron chi connectivity index (χ0n) is 10.3. The van der Waals surface area contributed by atoms with Crippen molar-refractivity contribution in [2.75, 3.05) is 13.1 Å². The van der Waals surface area contributed by atoms with Crippen molar-refractivity contribution in [3.63, 3.8) is 0 Å². The summed E-state index contributed by atoms with van der Waals surface area (Å²) in [6, 6.07) is 4.65. The summed E-state index contributed by atoms with van der Waals surface area (Å²) < 4.78 is 0. The van der Waals surface area contributed by atoms with Crippen molar-refractivity contribution in [1.82, 2.24) is 4.90 Å². The molecule has 102 valence electrons. The number of aliphatic carboxylic acids is 1. The molecule has 4 nitrogen and oxygen atoms in total. The molecule has 1 aliphatic heterocycles. The molecule has 0 bridgehead atoms. The van der Waals surface area contributed by atoms with E-state index in [1.807, 2.05) is 0 Å². The average molecular weight is 302 g/mol. The van der Waals surface area contributed by atoms with Crippen molar-refractivity contribution in [1.29, 1.82) is 0 Å². The van der Waals surface area contributed by atoms with Gasteiger partial charge in [-0.3, -0.25) is 9.59 Å². The molecule has 6 heteroatoms. The van der Waals surface area contributed by atoms with Gasteiger partial charge in [-0.2, -0.15) is 0 Å². The molecule has 0 radical (unpaired) electrons. The van der Waals surface area contributed by atoms with Gasteiger partial charge in [0.05, 0.1) is 15.5 Å². The van der Waals surface area contributed by atoms with Gasteiger partial charge in [-0.1, -0.05) is 23.2 Å². The van der Waals surface area contributed by atoms with Crippen molar-refractivity contribution < 1.29 is 14.7 Å². The predicted molar refractivity (Wildman–Crippen MR) is 72.7 cm³/mol. The second kappa shape index (κ2) is 5.02. The van der Waals surface area contributed by atoms with Gasteiger partial charge in [-0.05, 0) is 31.5 Å². The predicted octanol–water partition coefficient (Wildman–Crippen LogP) is 2.93. The minimum absolute atomic E-state index is 0.210. The number of hydrogen-bond acceptors (Lipinski definition) is 2. The molecule has 2 rings (SSSR count). The van der Waals surface area contributed by atoms with Crippen LogP contribution in [0, 0.1) is 5.41 Å². The molecular weight excluding hydrogens is 289 g/mol. The van der Waals surface area contributed by atoms with E-state index in [-0.39, 0.29) is 12.5 Å². The van der Waals surface area contributed by atoms with E-state index in [2.05, 4.69) is 0 Å². The molecule has 1 N–H and O–H groups in total. The third-order valence-corrected chi connectivity index (χ3v) is 4.18. The van der Waals surface area contributed by atoms with Crippen LogP contribution in [0.3, 0.4) is 0 Å². The lowest BCUT2D eigenvalue weighted by molar-refractivity contribution is -0.147. The molecule has 1 heterocycles. The van der Waals surface area contributed by atoms with Crippen LogP contribution in [0.25, 0.3) is 0 Å². The quantitative estimate of drug-likeness (QED) is 0.914. The van der Waals surface area contributed by atoms with Crippen LogP contribution in [0.2, 0.25) is 10.0 Å². The molecule has 1 saturated heterocycles. The Morgan fingerprint density at radius 2 is 2.00 bits per heavy atom. The summed E-state index contributed by atoms with van der Waals surface area (Å²) in [5, 5.41) is 9.84. The first-order chi connectivity index (χ1) is 8.83. The normalized spacial score (nSPS) is 22.6. The first kappa shape index (κ1) is 14.2. The fourth-order valence-corrected chi connectivity index (χ4v) is 2.42. The number of nitrogens with zero attached hydrogens (tertiary/aromatic N) is 1. The molecule has 1 aromatic carbocycles. The molecule has 0 spiro atoms. The van der Waals surface area contributed by atoms with E-state index in [1.54, 1.807) is 19.1 Å². The Labute approximate surface area is 120 Å². The van der Waals surface area contributed by atoms with Crippen molar-refractivity contribution in [2.45, 2.75) is 13.3 Å². The number of likely N-dealkylation sites (tertiary alicyclic amines) is 1. The Morgan fingerprint density at radius 1 is 1.32 bits per heavy atom. The third-order valence-electron chi connectivity index (χ3n) is 3.44. The largest absolute Gasteiger partial charge is 0.481 e. The van der Waals surface area contributed by atoms with E-state index in [1.165, 1.54) is 11.0 Å². The Hall–Kier alpha value is -1.26. The summed E-state index contributed by atoms with van der Waals surface area (Å²) >= 11 is 11.7. The highest BCUT2D eigenvalue weighted by Gasteiger charge is 2.42. The summed E-state index contributed by atoms with van der Waals surface area (Å²) in [6.07, 6.45) is 0.454. The maximum Gasteiger partial charge on any atom is 0.311 e. The third kappa shape index (κ3) is 2.69. The van der Waals surface area contributed by atoms with Gasteiger partial charge in [0, 0.05) is 18.7 Å². The smallest absolute Gasteiger partial charge is 0.311 e. The van der Waals surface area contributed by atoms with Gasteiger partial charge in [0.2, 0.25) is 0 Å². The average Bonchev–Trinajstić information content (AvgIpc) is 2.76. The fraction of sp³-hybridized carbons (Fsp3) is 0.385. The van der Waals surface area contributed by atoms with Crippen molar-refractivity contribution in [3.05, 3.63) is 33.8 Å². The Bertz CT molecular complexity index is 547. The Morgan fingerprint density at radius 3 is 2.53 bits per heavy atom. The van der Waals surface area contributed by atoms with E-state index >= 15 is 0 Å². The number of carbonyl (C=O) groups is 2. The van der Waals surface area contributed by atoms with Crippen LogP contribution in [-0.2, 0) is 4.79 Å². The molecule has 1 atom stereocenters. The number of carbonyl (C=O) groups excluding carboxylic acids is 1. The van der Waals surface area contributed by atoms with E-state index in [0.29, 0.717) is 28.6 Å². The molecule has 0 aliphatic carbocycles. The standard InChI is InChI=1S/C13H13Cl2NO3/c1-13(12(18)19)4-5-16(7-13)11(17)8-2-3-9(14)10(15)6-8/h2-3,6H,4-5,7H2,1H3,(H,18,19). The molecule has 1 aliphatic rings. The van der Waals surface area contributed by atoms with E-state index in [0.717, 1.165) is 0 Å². The number of carboxylic acid groups (broad SMARTS) is 1. The first-order valence-electron chi connectivity index (χ1n) is 5.81. The number of rotatable bonds is 2. The van der Waals surface area contributed by atoms with E-state index < -0.39 is 11.4 Å². The maximum atomic E-state index is 12.3. The Balaban J connectivity index is 2.18. The second-order valence-electron chi connectivity index (χ2n) is 4.97. The molecule has 1 aromatic rings. The molecule has 1 unspecified atom stereocenters. The first-order valence-corrected chi connectivity index (χ1v) is 6.57. The molecule has 19 heavy (non-hydrogen) atoms. The zero-order chi connectivity index (χ0) is 14.2. The van der Waals surface area contributed by atoms with Crippen molar-refractivity contribution >= 4 is 35.1 Å². The topological polar surface area (TPSA) is 57.6 Å². The van der Waals surface area contributed by atoms with Crippen molar-refractivity contribution in [2.24, 2.45) is 5.41 Å². The van der Waals surface area contributed by atoms with Gasteiger partial charge < -0.3 is 10.0 Å². The second-order valence-corrected chi connectivity index (χ2v) is 5.79. The molecule has 0 saturated carbocycles. The fourth-order valence-electron chi connectivity index (χ4n) is 2.12. The van der Waals surface area contributed by atoms with Gasteiger partial charge >= 0.3 is 5.97 Å². The minimum atomic E-state index is -0.878. The van der Waals surface area contributed by atoms with Gasteiger partial charge in [0.1, 0.15) is 0 Å². The van der Waals surface area contributed by atoms with Crippen LogP contribution in [0.5, 0.6) is 0 Å². The van der Waals surface area contributed by atoms with Gasteiger partial charge in [0.25, 0.3) is 5.91 Å². The van der Waals surface area contributed by atoms with Crippen LogP contribution < -0.4 is 0 Å². The highest BCUT2D eigenvalue weighted by molar-refractivity contribution is 6.42. The minimum Gasteiger partial charge on any atom is -0.481 e. The number of halogens is 2. The SMILES string of the molecule is CC1(C(=O)O)CCN(C(=O)c2ccc(Cl)c(Cl)c2)C1. The molecule has 0 aromatic heterocycles. The summed E-state index contributed by atoms with van der Waals surface area (Å²) in [5.41, 5.74) is -0.449. The van der Waals surface area contributed by atoms with Crippen LogP contribution in [-0.4, -0.2) is 35.0 Å². The number of carboxylic acids is 1. The lowest BCUT2D eigenvalue weighted by Crippen LogP contribution is -2.34.